The zero-order valence-corrected chi connectivity index (χ0v) is 17.1. The Hall–Kier alpha value is -3.16. The molecule has 2 N–H and O–H groups in total. The van der Waals surface area contributed by atoms with Crippen LogP contribution < -0.4 is 15.1 Å². The lowest BCUT2D eigenvalue weighted by Gasteiger charge is -2.30. The lowest BCUT2D eigenvalue weighted by atomic mass is 10.1. The van der Waals surface area contributed by atoms with E-state index in [1.54, 1.807) is 6.07 Å². The van der Waals surface area contributed by atoms with E-state index in [2.05, 4.69) is 20.1 Å². The topological polar surface area (TPSA) is 90.3 Å². The minimum Gasteiger partial charge on any atom is -0.506 e. The molecule has 0 radical (unpaired) electrons. The molecule has 8 nitrogen and oxygen atoms in total. The Morgan fingerprint density at radius 2 is 1.33 bits per heavy atom. The van der Waals surface area contributed by atoms with Crippen LogP contribution in [0.3, 0.4) is 0 Å². The Balaban J connectivity index is 1.49. The number of hydrogen-bond donors (Lipinski definition) is 2. The number of benzene rings is 1. The smallest absolute Gasteiger partial charge is 0.235 e. The number of aromatic hydroxyl groups is 1. The predicted molar refractivity (Wildman–Crippen MR) is 119 cm³/mol. The Bertz CT molecular complexity index is 993. The van der Waals surface area contributed by atoms with E-state index in [0.29, 0.717) is 17.3 Å². The van der Waals surface area contributed by atoms with Gasteiger partial charge in [-0.2, -0.15) is 15.0 Å². The third-order valence-corrected chi connectivity index (χ3v) is 5.83. The summed E-state index contributed by atoms with van der Waals surface area (Å²) < 4.78 is 0. The minimum absolute atomic E-state index is 0.162. The molecule has 0 spiro atoms. The fraction of sp³-hybridized carbons (Fsp3) is 0.455. The van der Waals surface area contributed by atoms with E-state index >= 15 is 0 Å². The average molecular weight is 406 g/mol. The second-order valence-corrected chi connectivity index (χ2v) is 8.02. The molecule has 4 heterocycles. The van der Waals surface area contributed by atoms with Crippen LogP contribution in [-0.2, 0) is 0 Å². The van der Waals surface area contributed by atoms with E-state index in [0.717, 1.165) is 43.5 Å². The Morgan fingerprint density at radius 3 is 1.97 bits per heavy atom. The van der Waals surface area contributed by atoms with Crippen LogP contribution in [0.25, 0.3) is 10.9 Å². The van der Waals surface area contributed by atoms with Gasteiger partial charge in [0.1, 0.15) is 17.1 Å². The van der Waals surface area contributed by atoms with Crippen LogP contribution in [0.2, 0.25) is 0 Å². The van der Waals surface area contributed by atoms with Crippen molar-refractivity contribution in [1.82, 2.24) is 19.9 Å². The lowest BCUT2D eigenvalue weighted by Crippen LogP contribution is -2.34. The van der Waals surface area contributed by atoms with Gasteiger partial charge in [0, 0.05) is 31.6 Å². The molecule has 0 aliphatic carbocycles. The summed E-state index contributed by atoms with van der Waals surface area (Å²) in [4.78, 5) is 23.3. The number of piperidine rings is 2. The van der Waals surface area contributed by atoms with Crippen LogP contribution in [0.4, 0.5) is 23.7 Å². The van der Waals surface area contributed by atoms with E-state index in [9.17, 15) is 5.11 Å². The summed E-state index contributed by atoms with van der Waals surface area (Å²) in [6, 6.07) is 9.20. The second-order valence-electron chi connectivity index (χ2n) is 8.02. The van der Waals surface area contributed by atoms with Crippen molar-refractivity contribution in [2.75, 3.05) is 41.3 Å². The van der Waals surface area contributed by atoms with Crippen LogP contribution in [0.1, 0.15) is 38.5 Å². The highest BCUT2D eigenvalue weighted by atomic mass is 16.3. The largest absolute Gasteiger partial charge is 0.506 e. The number of nitrogens with one attached hydrogen (secondary N) is 1. The molecule has 2 aromatic heterocycles. The van der Waals surface area contributed by atoms with Crippen molar-refractivity contribution in [3.8, 4) is 5.75 Å². The summed E-state index contributed by atoms with van der Waals surface area (Å²) >= 11 is 0. The van der Waals surface area contributed by atoms with Crippen molar-refractivity contribution in [3.63, 3.8) is 0 Å². The number of para-hydroxylation sites is 1. The first-order chi connectivity index (χ1) is 14.8. The summed E-state index contributed by atoms with van der Waals surface area (Å²) in [5.74, 6) is 2.72. The van der Waals surface area contributed by atoms with Crippen molar-refractivity contribution in [2.45, 2.75) is 38.5 Å². The number of nitrogens with zero attached hydrogens (tertiary/aromatic N) is 6. The monoisotopic (exact) mass is 405 g/mol. The summed E-state index contributed by atoms with van der Waals surface area (Å²) in [5, 5.41) is 14.3. The highest BCUT2D eigenvalue weighted by Gasteiger charge is 2.20. The number of aromatic nitrogens is 4. The zero-order valence-electron chi connectivity index (χ0n) is 17.1. The van der Waals surface area contributed by atoms with Gasteiger partial charge < -0.3 is 20.2 Å². The second kappa shape index (κ2) is 8.30. The number of pyridine rings is 1. The summed E-state index contributed by atoms with van der Waals surface area (Å²) in [5.41, 5.74) is 0.559. The standard InChI is InChI=1S/C22H27N7O/c30-17-9-7-8-16-10-11-18(23-19(16)17)24-20-25-21(28-12-3-1-4-13-28)27-22(26-20)29-14-5-2-6-15-29/h7-11,30H,1-6,12-15H2,(H,23,24,25,26,27). The first-order valence-corrected chi connectivity index (χ1v) is 10.9. The molecule has 2 fully saturated rings. The Kier molecular flexibility index (Phi) is 5.21. The van der Waals surface area contributed by atoms with E-state index in [4.69, 9.17) is 15.0 Å². The molecule has 0 bridgehead atoms. The van der Waals surface area contributed by atoms with Gasteiger partial charge in [-0.25, -0.2) is 4.98 Å². The molecule has 30 heavy (non-hydrogen) atoms. The quantitative estimate of drug-likeness (QED) is 0.676. The Morgan fingerprint density at radius 1 is 0.700 bits per heavy atom. The number of phenolic OH excluding ortho intramolecular Hbond substituents is 1. The maximum atomic E-state index is 10.1. The van der Waals surface area contributed by atoms with E-state index < -0.39 is 0 Å². The van der Waals surface area contributed by atoms with Crippen molar-refractivity contribution >= 4 is 34.6 Å². The fourth-order valence-electron chi connectivity index (χ4n) is 4.20. The van der Waals surface area contributed by atoms with Gasteiger partial charge in [-0.1, -0.05) is 12.1 Å². The Labute approximate surface area is 176 Å². The molecule has 0 saturated carbocycles. The fourth-order valence-corrected chi connectivity index (χ4v) is 4.20. The summed E-state index contributed by atoms with van der Waals surface area (Å²) in [6.07, 6.45) is 7.18. The number of phenols is 1. The molecule has 0 amide bonds. The molecule has 3 aromatic rings. The SMILES string of the molecule is Oc1cccc2ccc(Nc3nc(N4CCCCC4)nc(N4CCCCC4)n3)nc12. The molecule has 1 aromatic carbocycles. The van der Waals surface area contributed by atoms with Gasteiger partial charge in [0.15, 0.2) is 0 Å². The molecule has 5 rings (SSSR count). The molecule has 8 heteroatoms. The van der Waals surface area contributed by atoms with Crippen molar-refractivity contribution < 1.29 is 5.11 Å². The molecular weight excluding hydrogens is 378 g/mol. The van der Waals surface area contributed by atoms with Crippen molar-refractivity contribution in [2.24, 2.45) is 0 Å². The van der Waals surface area contributed by atoms with E-state index in [1.165, 1.54) is 38.5 Å². The molecular formula is C22H27N7O. The van der Waals surface area contributed by atoms with Crippen LogP contribution in [0.5, 0.6) is 5.75 Å². The third-order valence-electron chi connectivity index (χ3n) is 5.83. The van der Waals surface area contributed by atoms with Crippen LogP contribution in [0.15, 0.2) is 30.3 Å². The van der Waals surface area contributed by atoms with Gasteiger partial charge in [0.2, 0.25) is 17.8 Å². The average Bonchev–Trinajstić information content (AvgIpc) is 2.81. The molecule has 156 valence electrons. The van der Waals surface area contributed by atoms with Crippen molar-refractivity contribution in [1.29, 1.82) is 0 Å². The van der Waals surface area contributed by atoms with Crippen LogP contribution >= 0.6 is 0 Å². The van der Waals surface area contributed by atoms with Gasteiger partial charge in [0.05, 0.1) is 0 Å². The summed E-state index contributed by atoms with van der Waals surface area (Å²) in [7, 11) is 0. The molecule has 0 unspecified atom stereocenters. The first kappa shape index (κ1) is 18.8. The maximum absolute atomic E-state index is 10.1. The number of rotatable bonds is 4. The number of hydrogen-bond acceptors (Lipinski definition) is 8. The highest BCUT2D eigenvalue weighted by Crippen LogP contribution is 2.26. The van der Waals surface area contributed by atoms with Crippen molar-refractivity contribution in [3.05, 3.63) is 30.3 Å². The van der Waals surface area contributed by atoms with E-state index in [1.807, 2.05) is 24.3 Å². The lowest BCUT2D eigenvalue weighted by molar-refractivity contribution is 0.480. The third kappa shape index (κ3) is 3.94. The molecule has 2 saturated heterocycles. The maximum Gasteiger partial charge on any atom is 0.235 e. The molecule has 0 atom stereocenters. The summed E-state index contributed by atoms with van der Waals surface area (Å²) in [6.45, 7) is 3.91. The molecule has 2 aliphatic rings. The van der Waals surface area contributed by atoms with Crippen LogP contribution in [0, 0.1) is 0 Å². The first-order valence-electron chi connectivity index (χ1n) is 10.9. The van der Waals surface area contributed by atoms with E-state index in [-0.39, 0.29) is 5.75 Å². The van der Waals surface area contributed by atoms with Gasteiger partial charge in [-0.3, -0.25) is 0 Å². The van der Waals surface area contributed by atoms with Gasteiger partial charge >= 0.3 is 0 Å². The van der Waals surface area contributed by atoms with Gasteiger partial charge in [-0.15, -0.1) is 0 Å². The predicted octanol–water partition coefficient (Wildman–Crippen LogP) is 3.85. The highest BCUT2D eigenvalue weighted by molar-refractivity contribution is 5.85. The van der Waals surface area contributed by atoms with Crippen LogP contribution in [-0.4, -0.2) is 51.2 Å². The van der Waals surface area contributed by atoms with Gasteiger partial charge in [0.25, 0.3) is 0 Å². The molecule has 2 aliphatic heterocycles. The van der Waals surface area contributed by atoms with Gasteiger partial charge in [-0.05, 0) is 56.7 Å². The minimum atomic E-state index is 0.162. The zero-order chi connectivity index (χ0) is 20.3. The normalized spacial score (nSPS) is 17.3. The number of anilines is 4. The number of fused-ring (bicyclic) bond motifs is 1.